The Kier molecular flexibility index (Phi) is 27.3. The molecule has 2 heteroatoms. The fourth-order valence-corrected chi connectivity index (χ4v) is 6.71. The van der Waals surface area contributed by atoms with Gasteiger partial charge in [-0.3, -0.25) is 0 Å². The van der Waals surface area contributed by atoms with E-state index >= 15 is 0 Å². The molecular formula is C39H76N2. The number of aromatic nitrogens is 2. The number of imidazole rings is 1. The predicted molar refractivity (Wildman–Crippen MR) is 185 cm³/mol. The van der Waals surface area contributed by atoms with Crippen LogP contribution in [0.2, 0.25) is 0 Å². The molecule has 1 rings (SSSR count). The van der Waals surface area contributed by atoms with Crippen molar-refractivity contribution in [2.45, 2.75) is 232 Å². The average molecular weight is 573 g/mol. The van der Waals surface area contributed by atoms with E-state index in [9.17, 15) is 0 Å². The van der Waals surface area contributed by atoms with Gasteiger partial charge in [0.2, 0.25) is 0 Å². The van der Waals surface area contributed by atoms with E-state index in [-0.39, 0.29) is 0 Å². The normalized spacial score (nSPS) is 13.2. The number of hydrogen-bond acceptors (Lipinski definition) is 1. The summed E-state index contributed by atoms with van der Waals surface area (Å²) in [6, 6.07) is 0.589. The predicted octanol–water partition coefficient (Wildman–Crippen LogP) is 14.3. The Labute approximate surface area is 259 Å². The third-order valence-electron chi connectivity index (χ3n) is 9.66. The van der Waals surface area contributed by atoms with Crippen molar-refractivity contribution >= 4 is 0 Å². The third kappa shape index (κ3) is 21.5. The molecule has 0 aliphatic heterocycles. The summed E-state index contributed by atoms with van der Waals surface area (Å²) in [4.78, 5) is 4.87. The van der Waals surface area contributed by atoms with Crippen LogP contribution < -0.4 is 0 Å². The third-order valence-corrected chi connectivity index (χ3v) is 9.66. The lowest BCUT2D eigenvalue weighted by molar-refractivity contribution is 0.425. The van der Waals surface area contributed by atoms with Crippen molar-refractivity contribution in [2.24, 2.45) is 0 Å². The van der Waals surface area contributed by atoms with Gasteiger partial charge in [-0.05, 0) is 26.2 Å². The summed E-state index contributed by atoms with van der Waals surface area (Å²) in [7, 11) is 0. The van der Waals surface area contributed by atoms with E-state index in [1.807, 2.05) is 0 Å². The number of hydrogen-bond donors (Lipinski definition) is 0. The Hall–Kier alpha value is -0.790. The Balaban J connectivity index is 2.06. The summed E-state index contributed by atoms with van der Waals surface area (Å²) in [5.41, 5.74) is 0. The van der Waals surface area contributed by atoms with Gasteiger partial charge >= 0.3 is 0 Å². The van der Waals surface area contributed by atoms with Crippen molar-refractivity contribution in [1.82, 2.24) is 9.55 Å². The van der Waals surface area contributed by atoms with E-state index in [4.69, 9.17) is 4.98 Å². The van der Waals surface area contributed by atoms with Gasteiger partial charge in [0.15, 0.2) is 0 Å². The van der Waals surface area contributed by atoms with Crippen LogP contribution >= 0.6 is 0 Å². The van der Waals surface area contributed by atoms with Crippen molar-refractivity contribution in [3.63, 3.8) is 0 Å². The zero-order valence-electron chi connectivity index (χ0n) is 28.9. The molecule has 0 saturated carbocycles. The first kappa shape index (κ1) is 38.2. The minimum atomic E-state index is 0.589. The highest BCUT2D eigenvalue weighted by Gasteiger charge is 2.18. The minimum Gasteiger partial charge on any atom is -0.332 e. The van der Waals surface area contributed by atoms with Crippen molar-refractivity contribution in [3.05, 3.63) is 18.2 Å². The summed E-state index contributed by atoms with van der Waals surface area (Å²) in [6.07, 6.45) is 47.0. The molecule has 2 nitrogen and oxygen atoms in total. The molecule has 0 fully saturated rings. The molecule has 1 aromatic rings. The monoisotopic (exact) mass is 573 g/mol. The van der Waals surface area contributed by atoms with Crippen LogP contribution in [0.1, 0.15) is 238 Å². The van der Waals surface area contributed by atoms with Crippen molar-refractivity contribution < 1.29 is 0 Å². The van der Waals surface area contributed by atoms with Crippen LogP contribution in [0.4, 0.5) is 0 Å². The highest BCUT2D eigenvalue weighted by Crippen LogP contribution is 2.28. The van der Waals surface area contributed by atoms with Gasteiger partial charge in [0, 0.05) is 24.4 Å². The van der Waals surface area contributed by atoms with Crippen LogP contribution in [0.3, 0.4) is 0 Å². The SMILES string of the molecule is CCCCCCCCCCCCCCCCCC(CC)c1nccn1C(C)CCCCCCCCCCCCCC. The molecule has 0 aliphatic rings. The van der Waals surface area contributed by atoms with E-state index in [0.717, 1.165) is 0 Å². The van der Waals surface area contributed by atoms with Crippen molar-refractivity contribution in [1.29, 1.82) is 0 Å². The molecule has 1 heterocycles. The second kappa shape index (κ2) is 29.3. The lowest BCUT2D eigenvalue weighted by atomic mass is 9.96. The highest BCUT2D eigenvalue weighted by molar-refractivity contribution is 5.02. The van der Waals surface area contributed by atoms with E-state index < -0.39 is 0 Å². The summed E-state index contributed by atoms with van der Waals surface area (Å²) >= 11 is 0. The van der Waals surface area contributed by atoms with Crippen molar-refractivity contribution in [3.8, 4) is 0 Å². The molecule has 0 bridgehead atoms. The van der Waals surface area contributed by atoms with Crippen molar-refractivity contribution in [2.75, 3.05) is 0 Å². The molecule has 41 heavy (non-hydrogen) atoms. The quantitative estimate of drug-likeness (QED) is 0.0785. The van der Waals surface area contributed by atoms with Gasteiger partial charge in [0.05, 0.1) is 0 Å². The standard InChI is InChI=1S/C39H76N2/c1-5-8-10-12-14-16-18-20-21-22-24-26-28-30-32-34-38(7-3)39-40-35-36-41(39)37(4)33-31-29-27-25-23-19-17-15-13-11-9-6-2/h35-38H,5-34H2,1-4H3. The molecule has 0 aromatic carbocycles. The van der Waals surface area contributed by atoms with Gasteiger partial charge in [-0.15, -0.1) is 0 Å². The molecule has 0 saturated heterocycles. The highest BCUT2D eigenvalue weighted by atomic mass is 15.1. The second-order valence-electron chi connectivity index (χ2n) is 13.6. The van der Waals surface area contributed by atoms with Gasteiger partial charge in [-0.2, -0.15) is 0 Å². The topological polar surface area (TPSA) is 17.8 Å². The zero-order valence-corrected chi connectivity index (χ0v) is 28.9. The summed E-state index contributed by atoms with van der Waals surface area (Å²) in [6.45, 7) is 9.40. The first-order valence-corrected chi connectivity index (χ1v) is 19.3. The maximum Gasteiger partial charge on any atom is 0.111 e. The largest absolute Gasteiger partial charge is 0.332 e. The maximum atomic E-state index is 4.87. The van der Waals surface area contributed by atoms with Gasteiger partial charge < -0.3 is 4.57 Å². The molecule has 0 spiro atoms. The van der Waals surface area contributed by atoms with Gasteiger partial charge in [-0.1, -0.05) is 194 Å². The average Bonchev–Trinajstić information content (AvgIpc) is 3.47. The summed E-state index contributed by atoms with van der Waals surface area (Å²) in [5, 5.41) is 0. The number of unbranched alkanes of at least 4 members (excludes halogenated alkanes) is 25. The molecule has 2 atom stereocenters. The van der Waals surface area contributed by atoms with Crippen LogP contribution in [0.15, 0.2) is 12.4 Å². The second-order valence-corrected chi connectivity index (χ2v) is 13.6. The van der Waals surface area contributed by atoms with E-state index in [0.29, 0.717) is 12.0 Å². The first-order valence-electron chi connectivity index (χ1n) is 19.3. The smallest absolute Gasteiger partial charge is 0.111 e. The Morgan fingerprint density at radius 1 is 0.488 bits per heavy atom. The molecule has 0 amide bonds. The van der Waals surface area contributed by atoms with Crippen LogP contribution in [-0.4, -0.2) is 9.55 Å². The first-order chi connectivity index (χ1) is 20.2. The van der Waals surface area contributed by atoms with Crippen LogP contribution in [0.25, 0.3) is 0 Å². The molecular weight excluding hydrogens is 496 g/mol. The molecule has 2 unspecified atom stereocenters. The fraction of sp³-hybridized carbons (Fsp3) is 0.923. The van der Waals surface area contributed by atoms with E-state index in [2.05, 4.69) is 44.7 Å². The van der Waals surface area contributed by atoms with Crippen LogP contribution in [-0.2, 0) is 0 Å². The van der Waals surface area contributed by atoms with Crippen LogP contribution in [0, 0.1) is 0 Å². The summed E-state index contributed by atoms with van der Waals surface area (Å²) in [5.74, 6) is 2.00. The molecule has 0 N–H and O–H groups in total. The zero-order chi connectivity index (χ0) is 29.6. The maximum absolute atomic E-state index is 4.87. The van der Waals surface area contributed by atoms with E-state index in [1.165, 1.54) is 198 Å². The Morgan fingerprint density at radius 2 is 0.829 bits per heavy atom. The van der Waals surface area contributed by atoms with Gasteiger partial charge in [-0.25, -0.2) is 4.98 Å². The number of rotatable bonds is 32. The Morgan fingerprint density at radius 3 is 1.20 bits per heavy atom. The molecule has 0 aliphatic carbocycles. The van der Waals surface area contributed by atoms with Crippen LogP contribution in [0.5, 0.6) is 0 Å². The summed E-state index contributed by atoms with van der Waals surface area (Å²) < 4.78 is 2.53. The number of nitrogens with zero attached hydrogens (tertiary/aromatic N) is 2. The van der Waals surface area contributed by atoms with Gasteiger partial charge in [0.1, 0.15) is 5.82 Å². The molecule has 242 valence electrons. The lowest BCUT2D eigenvalue weighted by Crippen LogP contribution is -2.12. The Bertz CT molecular complexity index is 635. The molecule has 0 radical (unpaired) electrons. The molecule has 1 aromatic heterocycles. The minimum absolute atomic E-state index is 0.589. The van der Waals surface area contributed by atoms with Gasteiger partial charge in [0.25, 0.3) is 0 Å². The fourth-order valence-electron chi connectivity index (χ4n) is 6.71. The lowest BCUT2D eigenvalue weighted by Gasteiger charge is -2.21. The van der Waals surface area contributed by atoms with E-state index in [1.54, 1.807) is 0 Å².